The summed E-state index contributed by atoms with van der Waals surface area (Å²) in [7, 11) is 0. The molecule has 1 unspecified atom stereocenters. The Balaban J connectivity index is 1.56. The Labute approximate surface area is 175 Å². The third-order valence-electron chi connectivity index (χ3n) is 5.36. The number of aliphatic hydroxyl groups is 1. The number of aromatic nitrogens is 4. The van der Waals surface area contributed by atoms with Gasteiger partial charge in [0, 0.05) is 36.1 Å². The lowest BCUT2D eigenvalue weighted by Crippen LogP contribution is -2.30. The lowest BCUT2D eigenvalue weighted by molar-refractivity contribution is 0.274. The number of aliphatic hydroxyl groups excluding tert-OH is 1. The molecule has 7 nitrogen and oxygen atoms in total. The number of anilines is 2. The molecule has 0 bridgehead atoms. The Morgan fingerprint density at radius 2 is 2.20 bits per heavy atom. The zero-order valence-electron chi connectivity index (χ0n) is 17.3. The van der Waals surface area contributed by atoms with Crippen LogP contribution < -0.4 is 10.6 Å². The van der Waals surface area contributed by atoms with Crippen molar-refractivity contribution in [2.45, 2.75) is 45.2 Å². The highest BCUT2D eigenvalue weighted by molar-refractivity contribution is 5.62. The first kappa shape index (κ1) is 20.4. The van der Waals surface area contributed by atoms with Crippen molar-refractivity contribution in [1.82, 2.24) is 25.1 Å². The maximum atomic E-state index is 14.4. The van der Waals surface area contributed by atoms with Gasteiger partial charge in [-0.15, -0.1) is 0 Å². The van der Waals surface area contributed by atoms with Crippen molar-refractivity contribution < 1.29 is 9.50 Å². The van der Waals surface area contributed by atoms with Gasteiger partial charge in [-0.05, 0) is 62.9 Å². The number of rotatable bonds is 7. The minimum atomic E-state index is -0.480. The molecule has 0 aliphatic carbocycles. The van der Waals surface area contributed by atoms with E-state index >= 15 is 0 Å². The van der Waals surface area contributed by atoms with Crippen LogP contribution in [0.25, 0.3) is 11.3 Å². The van der Waals surface area contributed by atoms with Crippen LogP contribution in [-0.2, 0) is 6.42 Å². The summed E-state index contributed by atoms with van der Waals surface area (Å²) >= 11 is 0. The standard InChI is InChI=1S/C22H27FN6O/c1-14(2)29-13-16(11-26-29)21-19(23)12-25-22(28-21)27-17-5-6-18-15(10-17)7-8-24-20(18)4-3-9-30/h5-6,10-14,20,24,30H,3-4,7-9H2,1-2H3,(H,25,27,28). The van der Waals surface area contributed by atoms with Gasteiger partial charge in [-0.3, -0.25) is 4.68 Å². The lowest BCUT2D eigenvalue weighted by Gasteiger charge is -2.27. The van der Waals surface area contributed by atoms with Crippen LogP contribution in [-0.4, -0.2) is 38.0 Å². The third-order valence-corrected chi connectivity index (χ3v) is 5.36. The van der Waals surface area contributed by atoms with E-state index in [2.05, 4.69) is 37.8 Å². The number of halogens is 1. The molecule has 8 heteroatoms. The van der Waals surface area contributed by atoms with Gasteiger partial charge >= 0.3 is 0 Å². The predicted molar refractivity (Wildman–Crippen MR) is 114 cm³/mol. The van der Waals surface area contributed by atoms with Gasteiger partial charge in [0.15, 0.2) is 5.82 Å². The Morgan fingerprint density at radius 3 is 2.97 bits per heavy atom. The van der Waals surface area contributed by atoms with E-state index < -0.39 is 5.82 Å². The fraction of sp³-hybridized carbons (Fsp3) is 0.409. The number of benzene rings is 1. The van der Waals surface area contributed by atoms with Gasteiger partial charge in [-0.1, -0.05) is 6.07 Å². The number of hydrogen-bond donors (Lipinski definition) is 3. The quantitative estimate of drug-likeness (QED) is 0.550. The summed E-state index contributed by atoms with van der Waals surface area (Å²) in [5.74, 6) is -0.137. The van der Waals surface area contributed by atoms with Crippen LogP contribution in [0.15, 0.2) is 36.8 Å². The fourth-order valence-corrected chi connectivity index (χ4v) is 3.79. The van der Waals surface area contributed by atoms with Crippen molar-refractivity contribution in [3.8, 4) is 11.3 Å². The fourth-order valence-electron chi connectivity index (χ4n) is 3.79. The predicted octanol–water partition coefficient (Wildman–Crippen LogP) is 3.76. The Bertz CT molecular complexity index is 1020. The van der Waals surface area contributed by atoms with Crippen LogP contribution >= 0.6 is 0 Å². The van der Waals surface area contributed by atoms with Gasteiger partial charge in [0.1, 0.15) is 5.69 Å². The second kappa shape index (κ2) is 8.89. The lowest BCUT2D eigenvalue weighted by atomic mass is 9.91. The van der Waals surface area contributed by atoms with E-state index in [-0.39, 0.29) is 24.4 Å². The first-order chi connectivity index (χ1) is 14.5. The summed E-state index contributed by atoms with van der Waals surface area (Å²) in [6.45, 7) is 5.14. The Kier molecular flexibility index (Phi) is 6.06. The molecule has 0 amide bonds. The number of nitrogens with one attached hydrogen (secondary N) is 2. The summed E-state index contributed by atoms with van der Waals surface area (Å²) in [6, 6.07) is 6.64. The smallest absolute Gasteiger partial charge is 0.227 e. The molecule has 158 valence electrons. The van der Waals surface area contributed by atoms with Gasteiger partial charge in [-0.25, -0.2) is 14.4 Å². The van der Waals surface area contributed by atoms with Crippen molar-refractivity contribution in [3.63, 3.8) is 0 Å². The molecule has 0 fully saturated rings. The van der Waals surface area contributed by atoms with E-state index in [1.165, 1.54) is 17.3 Å². The molecule has 3 heterocycles. The van der Waals surface area contributed by atoms with E-state index in [9.17, 15) is 4.39 Å². The Morgan fingerprint density at radius 1 is 1.33 bits per heavy atom. The highest BCUT2D eigenvalue weighted by Crippen LogP contribution is 2.30. The summed E-state index contributed by atoms with van der Waals surface area (Å²) in [5.41, 5.74) is 4.25. The highest BCUT2D eigenvalue weighted by Gasteiger charge is 2.20. The maximum Gasteiger partial charge on any atom is 0.227 e. The van der Waals surface area contributed by atoms with Crippen LogP contribution in [0, 0.1) is 5.82 Å². The molecule has 3 N–H and O–H groups in total. The van der Waals surface area contributed by atoms with Crippen LogP contribution in [0.2, 0.25) is 0 Å². The van der Waals surface area contributed by atoms with E-state index in [1.54, 1.807) is 17.1 Å². The first-order valence-electron chi connectivity index (χ1n) is 10.4. The molecule has 1 aliphatic rings. The van der Waals surface area contributed by atoms with Crippen molar-refractivity contribution >= 4 is 11.6 Å². The SMILES string of the molecule is CC(C)n1cc(-c2nc(Nc3ccc4c(c3)CCNC4CCCO)ncc2F)cn1. The second-order valence-electron chi connectivity index (χ2n) is 7.85. The third kappa shape index (κ3) is 4.34. The monoisotopic (exact) mass is 410 g/mol. The van der Waals surface area contributed by atoms with Gasteiger partial charge in [0.05, 0.1) is 12.4 Å². The van der Waals surface area contributed by atoms with Crippen LogP contribution in [0.1, 0.15) is 49.9 Å². The molecule has 0 saturated heterocycles. The summed E-state index contributed by atoms with van der Waals surface area (Å²) in [6.07, 6.45) is 7.21. The van der Waals surface area contributed by atoms with Crippen LogP contribution in [0.4, 0.5) is 16.0 Å². The summed E-state index contributed by atoms with van der Waals surface area (Å²) in [5, 5.41) is 20.1. The molecule has 0 spiro atoms. The topological polar surface area (TPSA) is 87.9 Å². The molecular formula is C22H27FN6O. The van der Waals surface area contributed by atoms with Crippen LogP contribution in [0.5, 0.6) is 0 Å². The highest BCUT2D eigenvalue weighted by atomic mass is 19.1. The molecule has 0 saturated carbocycles. The minimum absolute atomic E-state index is 0.187. The zero-order valence-corrected chi connectivity index (χ0v) is 17.3. The normalized spacial score (nSPS) is 16.0. The van der Waals surface area contributed by atoms with Crippen molar-refractivity contribution in [2.24, 2.45) is 0 Å². The summed E-state index contributed by atoms with van der Waals surface area (Å²) < 4.78 is 16.1. The molecule has 30 heavy (non-hydrogen) atoms. The summed E-state index contributed by atoms with van der Waals surface area (Å²) in [4.78, 5) is 8.49. The number of nitrogens with zero attached hydrogens (tertiary/aromatic N) is 4. The number of fused-ring (bicyclic) bond motifs is 1. The van der Waals surface area contributed by atoms with E-state index in [4.69, 9.17) is 5.11 Å². The number of hydrogen-bond acceptors (Lipinski definition) is 6. The molecule has 1 atom stereocenters. The average Bonchev–Trinajstić information content (AvgIpc) is 3.24. The van der Waals surface area contributed by atoms with Gasteiger partial charge < -0.3 is 15.7 Å². The van der Waals surface area contributed by atoms with Crippen molar-refractivity contribution in [2.75, 3.05) is 18.5 Å². The largest absolute Gasteiger partial charge is 0.396 e. The van der Waals surface area contributed by atoms with Gasteiger partial charge in [-0.2, -0.15) is 5.10 Å². The molecule has 4 rings (SSSR count). The minimum Gasteiger partial charge on any atom is -0.396 e. The van der Waals surface area contributed by atoms with Crippen molar-refractivity contribution in [1.29, 1.82) is 0 Å². The molecular weight excluding hydrogens is 383 g/mol. The Hall–Kier alpha value is -2.84. The molecule has 0 radical (unpaired) electrons. The zero-order chi connectivity index (χ0) is 21.1. The van der Waals surface area contributed by atoms with E-state index in [0.717, 1.165) is 31.5 Å². The van der Waals surface area contributed by atoms with Gasteiger partial charge in [0.2, 0.25) is 5.95 Å². The molecule has 1 aliphatic heterocycles. The molecule has 1 aromatic carbocycles. The maximum absolute atomic E-state index is 14.4. The molecule has 2 aromatic heterocycles. The van der Waals surface area contributed by atoms with Crippen LogP contribution in [0.3, 0.4) is 0 Å². The van der Waals surface area contributed by atoms with E-state index in [1.807, 2.05) is 19.9 Å². The average molecular weight is 410 g/mol. The molecule has 3 aromatic rings. The van der Waals surface area contributed by atoms with E-state index in [0.29, 0.717) is 11.5 Å². The first-order valence-corrected chi connectivity index (χ1v) is 10.4. The van der Waals surface area contributed by atoms with Crippen molar-refractivity contribution in [3.05, 3.63) is 53.7 Å². The second-order valence-corrected chi connectivity index (χ2v) is 7.85. The van der Waals surface area contributed by atoms with Gasteiger partial charge in [0.25, 0.3) is 0 Å².